The van der Waals surface area contributed by atoms with E-state index < -0.39 is 0 Å². The largest absolute Gasteiger partial charge is 0.497 e. The van der Waals surface area contributed by atoms with Crippen molar-refractivity contribution in [3.05, 3.63) is 58.1 Å². The molecular formula is C20H23Cl2N3OS. The van der Waals surface area contributed by atoms with Crippen molar-refractivity contribution < 1.29 is 4.74 Å². The first-order valence-corrected chi connectivity index (χ1v) is 10.1. The highest BCUT2D eigenvalue weighted by molar-refractivity contribution is 7.80. The van der Waals surface area contributed by atoms with E-state index in [4.69, 9.17) is 40.2 Å². The quantitative estimate of drug-likeness (QED) is 0.630. The monoisotopic (exact) mass is 423 g/mol. The first-order valence-electron chi connectivity index (χ1n) is 8.94. The fraction of sp³-hybridized carbons (Fsp3) is 0.350. The minimum absolute atomic E-state index is 0.249. The van der Waals surface area contributed by atoms with Gasteiger partial charge in [-0.15, -0.1) is 0 Å². The number of ether oxygens (including phenoxy) is 1. The third-order valence-electron chi connectivity index (χ3n) is 4.72. The Kier molecular flexibility index (Phi) is 7.19. The van der Waals surface area contributed by atoms with E-state index in [2.05, 4.69) is 27.7 Å². The third-order valence-corrected chi connectivity index (χ3v) is 5.51. The summed E-state index contributed by atoms with van der Waals surface area (Å²) >= 11 is 17.6. The van der Waals surface area contributed by atoms with E-state index >= 15 is 0 Å². The first kappa shape index (κ1) is 20.2. The zero-order valence-corrected chi connectivity index (χ0v) is 17.5. The Morgan fingerprint density at radius 2 is 1.85 bits per heavy atom. The smallest absolute Gasteiger partial charge is 0.170 e. The van der Waals surface area contributed by atoms with E-state index in [1.54, 1.807) is 19.2 Å². The van der Waals surface area contributed by atoms with Crippen LogP contribution in [0.15, 0.2) is 42.5 Å². The van der Waals surface area contributed by atoms with Crippen LogP contribution < -0.4 is 15.4 Å². The van der Waals surface area contributed by atoms with E-state index in [1.807, 2.05) is 18.2 Å². The summed E-state index contributed by atoms with van der Waals surface area (Å²) in [7, 11) is 1.68. The number of benzene rings is 2. The van der Waals surface area contributed by atoms with Gasteiger partial charge in [0.1, 0.15) is 5.75 Å². The second kappa shape index (κ2) is 9.60. The Morgan fingerprint density at radius 1 is 1.15 bits per heavy atom. The number of likely N-dealkylation sites (tertiary alicyclic amines) is 1. The summed E-state index contributed by atoms with van der Waals surface area (Å²) in [5.41, 5.74) is 1.98. The Bertz CT molecular complexity index is 779. The Balaban J connectivity index is 1.65. The van der Waals surface area contributed by atoms with Gasteiger partial charge in [-0.1, -0.05) is 35.3 Å². The van der Waals surface area contributed by atoms with Crippen molar-refractivity contribution >= 4 is 46.2 Å². The number of methoxy groups -OCH3 is 1. The molecule has 0 radical (unpaired) electrons. The van der Waals surface area contributed by atoms with Gasteiger partial charge in [0.15, 0.2) is 5.11 Å². The molecule has 1 aliphatic heterocycles. The number of nitrogens with zero attached hydrogens (tertiary/aromatic N) is 1. The molecule has 144 valence electrons. The van der Waals surface area contributed by atoms with E-state index in [0.717, 1.165) is 24.5 Å². The van der Waals surface area contributed by atoms with E-state index in [9.17, 15) is 0 Å². The third kappa shape index (κ3) is 5.48. The summed E-state index contributed by atoms with van der Waals surface area (Å²) in [5, 5.41) is 8.15. The van der Waals surface area contributed by atoms with Crippen LogP contribution in [0.5, 0.6) is 5.75 Å². The second-order valence-electron chi connectivity index (χ2n) is 6.49. The van der Waals surface area contributed by atoms with Crippen molar-refractivity contribution in [3.8, 4) is 5.75 Å². The zero-order valence-electron chi connectivity index (χ0n) is 15.2. The summed E-state index contributed by atoms with van der Waals surface area (Å²) in [6.45, 7) is 2.91. The fourth-order valence-electron chi connectivity index (χ4n) is 3.28. The van der Waals surface area contributed by atoms with Crippen molar-refractivity contribution in [1.29, 1.82) is 0 Å². The molecule has 0 aromatic heterocycles. The average molecular weight is 424 g/mol. The van der Waals surface area contributed by atoms with Crippen LogP contribution in [0.1, 0.15) is 24.4 Å². The molecule has 2 N–H and O–H groups in total. The highest BCUT2D eigenvalue weighted by Gasteiger charge is 2.23. The molecule has 2 aromatic carbocycles. The van der Waals surface area contributed by atoms with Crippen LogP contribution in [0.2, 0.25) is 10.0 Å². The SMILES string of the molecule is COc1ccc(C(CNC(=S)Nc2ccc(Cl)cc2Cl)N2CCCC2)cc1. The van der Waals surface area contributed by atoms with Crippen LogP contribution in [-0.2, 0) is 0 Å². The van der Waals surface area contributed by atoms with Crippen LogP contribution in [0.3, 0.4) is 0 Å². The summed E-state index contributed by atoms with van der Waals surface area (Å²) in [6, 6.07) is 13.8. The molecule has 0 amide bonds. The molecule has 1 fully saturated rings. The highest BCUT2D eigenvalue weighted by Crippen LogP contribution is 2.27. The van der Waals surface area contributed by atoms with Gasteiger partial charge in [-0.2, -0.15) is 0 Å². The molecule has 0 aliphatic carbocycles. The first-order chi connectivity index (χ1) is 13.1. The lowest BCUT2D eigenvalue weighted by atomic mass is 10.1. The van der Waals surface area contributed by atoms with E-state index in [0.29, 0.717) is 21.7 Å². The molecular weight excluding hydrogens is 401 g/mol. The van der Waals surface area contributed by atoms with Gasteiger partial charge in [-0.25, -0.2) is 0 Å². The van der Waals surface area contributed by atoms with Crippen molar-refractivity contribution in [2.45, 2.75) is 18.9 Å². The average Bonchev–Trinajstić information content (AvgIpc) is 3.19. The summed E-state index contributed by atoms with van der Waals surface area (Å²) in [4.78, 5) is 2.49. The lowest BCUT2D eigenvalue weighted by molar-refractivity contribution is 0.246. The van der Waals surface area contributed by atoms with E-state index in [1.165, 1.54) is 18.4 Å². The Morgan fingerprint density at radius 3 is 2.48 bits per heavy atom. The van der Waals surface area contributed by atoms with Gasteiger partial charge in [-0.05, 0) is 74.0 Å². The number of nitrogens with one attached hydrogen (secondary N) is 2. The number of anilines is 1. The minimum Gasteiger partial charge on any atom is -0.497 e. The molecule has 1 aliphatic rings. The zero-order chi connectivity index (χ0) is 19.2. The lowest BCUT2D eigenvalue weighted by Crippen LogP contribution is -2.38. The molecule has 7 heteroatoms. The maximum atomic E-state index is 6.21. The van der Waals surface area contributed by atoms with Crippen molar-refractivity contribution in [1.82, 2.24) is 10.2 Å². The van der Waals surface area contributed by atoms with Crippen molar-refractivity contribution in [2.24, 2.45) is 0 Å². The molecule has 0 spiro atoms. The number of thiocarbonyl (C=S) groups is 1. The van der Waals surface area contributed by atoms with Gasteiger partial charge in [0.2, 0.25) is 0 Å². The summed E-state index contributed by atoms with van der Waals surface area (Å²) in [5.74, 6) is 0.862. The molecule has 4 nitrogen and oxygen atoms in total. The molecule has 1 saturated heterocycles. The lowest BCUT2D eigenvalue weighted by Gasteiger charge is -2.29. The van der Waals surface area contributed by atoms with Gasteiger partial charge in [0.05, 0.1) is 23.9 Å². The predicted octanol–water partition coefficient (Wildman–Crippen LogP) is 5.13. The molecule has 2 aromatic rings. The standard InChI is InChI=1S/C20H23Cl2N3OS/c1-26-16-7-4-14(5-8-16)19(25-10-2-3-11-25)13-23-20(27)24-18-9-6-15(21)12-17(18)22/h4-9,12,19H,2-3,10-11,13H2,1H3,(H2,23,24,27). The van der Waals surface area contributed by atoms with Crippen molar-refractivity contribution in [2.75, 3.05) is 32.1 Å². The van der Waals surface area contributed by atoms with Crippen LogP contribution >= 0.6 is 35.4 Å². The number of rotatable bonds is 6. The summed E-state index contributed by atoms with van der Waals surface area (Å²) in [6.07, 6.45) is 2.46. The minimum atomic E-state index is 0.249. The van der Waals surface area contributed by atoms with Gasteiger partial charge >= 0.3 is 0 Å². The maximum Gasteiger partial charge on any atom is 0.170 e. The van der Waals surface area contributed by atoms with Gasteiger partial charge in [0.25, 0.3) is 0 Å². The molecule has 0 saturated carbocycles. The number of hydrogen-bond acceptors (Lipinski definition) is 3. The number of hydrogen-bond donors (Lipinski definition) is 2. The van der Waals surface area contributed by atoms with E-state index in [-0.39, 0.29) is 6.04 Å². The van der Waals surface area contributed by atoms with Gasteiger partial charge < -0.3 is 15.4 Å². The Hall–Kier alpha value is -1.53. The Labute approximate surface area is 175 Å². The topological polar surface area (TPSA) is 36.5 Å². The van der Waals surface area contributed by atoms with Gasteiger partial charge in [0, 0.05) is 11.6 Å². The van der Waals surface area contributed by atoms with Crippen LogP contribution in [0, 0.1) is 0 Å². The van der Waals surface area contributed by atoms with Crippen molar-refractivity contribution in [3.63, 3.8) is 0 Å². The van der Waals surface area contributed by atoms with Crippen LogP contribution in [0.4, 0.5) is 5.69 Å². The van der Waals surface area contributed by atoms with Crippen LogP contribution in [-0.4, -0.2) is 36.8 Å². The molecule has 0 bridgehead atoms. The maximum absolute atomic E-state index is 6.21. The van der Waals surface area contributed by atoms with Gasteiger partial charge in [-0.3, -0.25) is 4.90 Å². The predicted molar refractivity (Wildman–Crippen MR) is 117 cm³/mol. The fourth-order valence-corrected chi connectivity index (χ4v) is 3.93. The highest BCUT2D eigenvalue weighted by atomic mass is 35.5. The summed E-state index contributed by atoms with van der Waals surface area (Å²) < 4.78 is 5.28. The van der Waals surface area contributed by atoms with Crippen LogP contribution in [0.25, 0.3) is 0 Å². The molecule has 27 heavy (non-hydrogen) atoms. The molecule has 3 rings (SSSR count). The normalized spacial score (nSPS) is 15.4. The molecule has 1 unspecified atom stereocenters. The molecule has 1 heterocycles. The number of halogens is 2. The second-order valence-corrected chi connectivity index (χ2v) is 7.74. The molecule has 1 atom stereocenters.